The molecule has 1 heterocycles. The number of hydrogen-bond donors (Lipinski definition) is 0. The number of halogens is 1. The van der Waals surface area contributed by atoms with E-state index >= 15 is 0 Å². The lowest BCUT2D eigenvalue weighted by atomic mass is 10.1. The minimum Gasteiger partial charge on any atom is -0.284 e. The molecule has 0 bridgehead atoms. The van der Waals surface area contributed by atoms with E-state index in [1.807, 2.05) is 50.2 Å². The first-order valence-corrected chi connectivity index (χ1v) is 13.8. The van der Waals surface area contributed by atoms with Gasteiger partial charge in [-0.3, -0.25) is 9.69 Å². The summed E-state index contributed by atoms with van der Waals surface area (Å²) in [7, 11) is -3.50. The standard InChI is InChI=1S/C26H25ClN2O3S2/c1-18-10-15-23-25(19(18)2)28-26(33-23)29(17-20-7-4-3-5-8-20)24(30)9-6-16-34(31,32)22-13-11-21(27)12-14-22/h3-5,7-8,10-15H,6,9,16-17H2,1-2H3. The highest BCUT2D eigenvalue weighted by Gasteiger charge is 2.22. The van der Waals surface area contributed by atoms with Crippen molar-refractivity contribution in [2.45, 2.75) is 38.1 Å². The Morgan fingerprint density at radius 1 is 1.00 bits per heavy atom. The summed E-state index contributed by atoms with van der Waals surface area (Å²) in [5.41, 5.74) is 4.13. The summed E-state index contributed by atoms with van der Waals surface area (Å²) in [6.07, 6.45) is 0.325. The second-order valence-corrected chi connectivity index (χ2v) is 11.7. The number of aromatic nitrogens is 1. The molecule has 0 saturated carbocycles. The van der Waals surface area contributed by atoms with E-state index in [1.54, 1.807) is 17.0 Å². The summed E-state index contributed by atoms with van der Waals surface area (Å²) >= 11 is 7.34. The fourth-order valence-corrected chi connectivity index (χ4v) is 6.14. The number of thiazole rings is 1. The highest BCUT2D eigenvalue weighted by atomic mass is 35.5. The molecule has 0 unspecified atom stereocenters. The van der Waals surface area contributed by atoms with E-state index in [2.05, 4.69) is 6.07 Å². The molecule has 0 aliphatic heterocycles. The Bertz CT molecular complexity index is 1420. The molecule has 3 aromatic carbocycles. The van der Waals surface area contributed by atoms with Gasteiger partial charge in [-0.1, -0.05) is 59.3 Å². The third-order valence-electron chi connectivity index (χ3n) is 5.77. The van der Waals surface area contributed by atoms with Gasteiger partial charge in [0.25, 0.3) is 0 Å². The molecule has 0 atom stereocenters. The zero-order chi connectivity index (χ0) is 24.3. The van der Waals surface area contributed by atoms with Crippen molar-refractivity contribution in [3.8, 4) is 0 Å². The van der Waals surface area contributed by atoms with Crippen molar-refractivity contribution >= 4 is 54.0 Å². The topological polar surface area (TPSA) is 67.3 Å². The minimum absolute atomic E-state index is 0.105. The molecular formula is C26H25ClN2O3S2. The maximum absolute atomic E-state index is 13.3. The first kappa shape index (κ1) is 24.4. The van der Waals surface area contributed by atoms with Gasteiger partial charge in [0.05, 0.1) is 27.4 Å². The van der Waals surface area contributed by atoms with Crippen LogP contribution < -0.4 is 4.90 Å². The average molecular weight is 513 g/mol. The van der Waals surface area contributed by atoms with Crippen LogP contribution >= 0.6 is 22.9 Å². The van der Waals surface area contributed by atoms with Gasteiger partial charge in [0.1, 0.15) is 0 Å². The van der Waals surface area contributed by atoms with Crippen LogP contribution in [0.3, 0.4) is 0 Å². The summed E-state index contributed by atoms with van der Waals surface area (Å²) in [5.74, 6) is -0.263. The summed E-state index contributed by atoms with van der Waals surface area (Å²) < 4.78 is 26.4. The van der Waals surface area contributed by atoms with E-state index in [0.29, 0.717) is 16.7 Å². The molecule has 0 fully saturated rings. The summed E-state index contributed by atoms with van der Waals surface area (Å²) in [4.78, 5) is 20.0. The number of carbonyl (C=O) groups excluding carboxylic acids is 1. The third kappa shape index (κ3) is 5.49. The van der Waals surface area contributed by atoms with Crippen LogP contribution in [0.5, 0.6) is 0 Å². The monoisotopic (exact) mass is 512 g/mol. The summed E-state index contributed by atoms with van der Waals surface area (Å²) in [6, 6.07) is 19.9. The van der Waals surface area contributed by atoms with E-state index in [1.165, 1.54) is 23.5 Å². The molecule has 4 rings (SSSR count). The number of aryl methyl sites for hydroxylation is 2. The fourth-order valence-electron chi connectivity index (χ4n) is 3.67. The smallest absolute Gasteiger partial charge is 0.229 e. The van der Waals surface area contributed by atoms with Crippen LogP contribution in [0.15, 0.2) is 71.6 Å². The first-order valence-electron chi connectivity index (χ1n) is 10.9. The molecule has 0 aliphatic rings. The van der Waals surface area contributed by atoms with E-state index in [-0.39, 0.29) is 29.4 Å². The van der Waals surface area contributed by atoms with Crippen molar-refractivity contribution in [2.24, 2.45) is 0 Å². The van der Waals surface area contributed by atoms with Gasteiger partial charge in [0.15, 0.2) is 15.0 Å². The van der Waals surface area contributed by atoms with E-state index < -0.39 is 9.84 Å². The Hall–Kier alpha value is -2.74. The number of nitrogens with zero attached hydrogens (tertiary/aromatic N) is 2. The van der Waals surface area contributed by atoms with Gasteiger partial charge in [0.2, 0.25) is 5.91 Å². The van der Waals surface area contributed by atoms with Gasteiger partial charge in [-0.05, 0) is 67.3 Å². The van der Waals surface area contributed by atoms with Gasteiger partial charge in [-0.2, -0.15) is 0 Å². The highest BCUT2D eigenvalue weighted by Crippen LogP contribution is 2.33. The molecule has 4 aromatic rings. The number of anilines is 1. The van der Waals surface area contributed by atoms with Gasteiger partial charge in [0, 0.05) is 11.4 Å². The SMILES string of the molecule is Cc1ccc2sc(N(Cc3ccccc3)C(=O)CCCS(=O)(=O)c3ccc(Cl)cc3)nc2c1C. The number of amides is 1. The molecule has 34 heavy (non-hydrogen) atoms. The minimum atomic E-state index is -3.50. The van der Waals surface area contributed by atoms with Crippen molar-refractivity contribution in [2.75, 3.05) is 10.7 Å². The van der Waals surface area contributed by atoms with Gasteiger partial charge < -0.3 is 0 Å². The van der Waals surface area contributed by atoms with Gasteiger partial charge in [-0.25, -0.2) is 13.4 Å². The second kappa shape index (κ2) is 10.3. The van der Waals surface area contributed by atoms with Crippen molar-refractivity contribution in [1.82, 2.24) is 4.98 Å². The number of benzene rings is 3. The van der Waals surface area contributed by atoms with E-state index in [9.17, 15) is 13.2 Å². The number of hydrogen-bond acceptors (Lipinski definition) is 5. The quantitative estimate of drug-likeness (QED) is 0.276. The predicted octanol–water partition coefficient (Wildman–Crippen LogP) is 6.35. The van der Waals surface area contributed by atoms with Crippen LogP contribution in [-0.4, -0.2) is 25.1 Å². The van der Waals surface area contributed by atoms with E-state index in [4.69, 9.17) is 16.6 Å². The summed E-state index contributed by atoms with van der Waals surface area (Å²) in [5, 5.41) is 1.10. The molecule has 1 aromatic heterocycles. The van der Waals surface area contributed by atoms with Crippen molar-refractivity contribution < 1.29 is 13.2 Å². The normalized spacial score (nSPS) is 11.6. The van der Waals surface area contributed by atoms with Crippen LogP contribution in [0.1, 0.15) is 29.5 Å². The maximum Gasteiger partial charge on any atom is 0.229 e. The number of fused-ring (bicyclic) bond motifs is 1. The molecule has 0 N–H and O–H groups in total. The number of carbonyl (C=O) groups is 1. The molecule has 0 saturated heterocycles. The Balaban J connectivity index is 1.55. The molecule has 0 spiro atoms. The van der Waals surface area contributed by atoms with Gasteiger partial charge in [-0.15, -0.1) is 0 Å². The molecular weight excluding hydrogens is 488 g/mol. The van der Waals surface area contributed by atoms with Crippen LogP contribution in [0.25, 0.3) is 10.2 Å². The van der Waals surface area contributed by atoms with E-state index in [0.717, 1.165) is 26.9 Å². The molecule has 176 valence electrons. The Morgan fingerprint density at radius 2 is 1.71 bits per heavy atom. The van der Waals surface area contributed by atoms with Crippen LogP contribution in [0.2, 0.25) is 5.02 Å². The van der Waals surface area contributed by atoms with Crippen LogP contribution in [0, 0.1) is 13.8 Å². The molecule has 8 heteroatoms. The Morgan fingerprint density at radius 3 is 2.41 bits per heavy atom. The zero-order valence-electron chi connectivity index (χ0n) is 19.0. The Kier molecular flexibility index (Phi) is 7.36. The third-order valence-corrected chi connectivity index (χ3v) is 8.88. The van der Waals surface area contributed by atoms with Crippen LogP contribution in [0.4, 0.5) is 5.13 Å². The predicted molar refractivity (Wildman–Crippen MR) is 139 cm³/mol. The van der Waals surface area contributed by atoms with Crippen molar-refractivity contribution in [3.05, 3.63) is 88.4 Å². The second-order valence-electron chi connectivity index (χ2n) is 8.19. The lowest BCUT2D eigenvalue weighted by Crippen LogP contribution is -2.30. The molecule has 5 nitrogen and oxygen atoms in total. The lowest BCUT2D eigenvalue weighted by Gasteiger charge is -2.20. The van der Waals surface area contributed by atoms with Gasteiger partial charge >= 0.3 is 0 Å². The average Bonchev–Trinajstić information content (AvgIpc) is 3.25. The maximum atomic E-state index is 13.3. The molecule has 1 amide bonds. The molecule has 0 aliphatic carbocycles. The number of sulfone groups is 1. The zero-order valence-corrected chi connectivity index (χ0v) is 21.4. The fraction of sp³-hybridized carbons (Fsp3) is 0.231. The van der Waals surface area contributed by atoms with Crippen molar-refractivity contribution in [3.63, 3.8) is 0 Å². The first-order chi connectivity index (χ1) is 16.2. The van der Waals surface area contributed by atoms with Crippen LogP contribution in [-0.2, 0) is 21.2 Å². The van der Waals surface area contributed by atoms with Crippen molar-refractivity contribution in [1.29, 1.82) is 0 Å². The largest absolute Gasteiger partial charge is 0.284 e. The Labute approximate surface area is 208 Å². The number of rotatable bonds is 8. The lowest BCUT2D eigenvalue weighted by molar-refractivity contribution is -0.118. The summed E-state index contributed by atoms with van der Waals surface area (Å²) in [6.45, 7) is 4.45. The molecule has 0 radical (unpaired) electrons. The highest BCUT2D eigenvalue weighted by molar-refractivity contribution is 7.91.